The Labute approximate surface area is 105 Å². The molecule has 0 spiro atoms. The molecule has 0 radical (unpaired) electrons. The monoisotopic (exact) mass is 267 g/mol. The van der Waals surface area contributed by atoms with Crippen LogP contribution in [0.5, 0.6) is 5.75 Å². The van der Waals surface area contributed by atoms with Crippen LogP contribution in [-0.4, -0.2) is 29.6 Å². The summed E-state index contributed by atoms with van der Waals surface area (Å²) in [5.74, 6) is 0.0451. The Morgan fingerprint density at radius 2 is 2.00 bits per heavy atom. The molecule has 2 rings (SSSR count). The number of phenols is 1. The lowest BCUT2D eigenvalue weighted by Crippen LogP contribution is -2.02. The molecule has 0 aliphatic heterocycles. The van der Waals surface area contributed by atoms with Crippen LogP contribution in [0.2, 0.25) is 0 Å². The van der Waals surface area contributed by atoms with Crippen molar-refractivity contribution in [3.63, 3.8) is 0 Å². The number of nitrogens with zero attached hydrogens (tertiary/aromatic N) is 2. The molecule has 1 aromatic carbocycles. The van der Waals surface area contributed by atoms with Crippen molar-refractivity contribution in [1.82, 2.24) is 9.78 Å². The summed E-state index contributed by atoms with van der Waals surface area (Å²) in [5.41, 5.74) is 6.65. The molecule has 0 fully saturated rings. The Hall–Kier alpha value is -2.02. The fourth-order valence-electron chi connectivity index (χ4n) is 1.78. The molecule has 0 amide bonds. The highest BCUT2D eigenvalue weighted by molar-refractivity contribution is 7.91. The van der Waals surface area contributed by atoms with Crippen LogP contribution >= 0.6 is 0 Å². The van der Waals surface area contributed by atoms with Crippen LogP contribution in [0, 0.1) is 0 Å². The number of aromatic hydroxyl groups is 1. The van der Waals surface area contributed by atoms with Crippen molar-refractivity contribution in [3.05, 3.63) is 24.4 Å². The van der Waals surface area contributed by atoms with Gasteiger partial charge in [-0.3, -0.25) is 4.68 Å². The third-order valence-corrected chi connectivity index (χ3v) is 3.81. The largest absolute Gasteiger partial charge is 0.507 e. The van der Waals surface area contributed by atoms with E-state index in [1.165, 1.54) is 16.9 Å². The number of nitrogens with two attached hydrogens (primary N) is 1. The maximum absolute atomic E-state index is 11.7. The van der Waals surface area contributed by atoms with Crippen molar-refractivity contribution in [2.75, 3.05) is 12.0 Å². The standard InChI is InChI=1S/C11H13N3O3S/c1-14-11(12)8(6-13-14)7-4-3-5-9(15)10(7)18(2,16)17/h3-6,15H,12H2,1-2H3. The second kappa shape index (κ2) is 4.02. The average Bonchev–Trinajstić information content (AvgIpc) is 2.57. The summed E-state index contributed by atoms with van der Waals surface area (Å²) in [4.78, 5) is -0.135. The smallest absolute Gasteiger partial charge is 0.179 e. The van der Waals surface area contributed by atoms with Crippen molar-refractivity contribution in [3.8, 4) is 16.9 Å². The van der Waals surface area contributed by atoms with E-state index in [0.717, 1.165) is 6.26 Å². The summed E-state index contributed by atoms with van der Waals surface area (Å²) >= 11 is 0. The maximum Gasteiger partial charge on any atom is 0.179 e. The molecule has 0 atom stereocenters. The predicted molar refractivity (Wildman–Crippen MR) is 67.8 cm³/mol. The number of hydrogen-bond acceptors (Lipinski definition) is 5. The summed E-state index contributed by atoms with van der Waals surface area (Å²) < 4.78 is 24.9. The number of rotatable bonds is 2. The van der Waals surface area contributed by atoms with E-state index in [0.29, 0.717) is 16.9 Å². The van der Waals surface area contributed by atoms with Crippen molar-refractivity contribution < 1.29 is 13.5 Å². The van der Waals surface area contributed by atoms with Gasteiger partial charge >= 0.3 is 0 Å². The van der Waals surface area contributed by atoms with Gasteiger partial charge in [0.2, 0.25) is 0 Å². The predicted octanol–water partition coefficient (Wildman–Crippen LogP) is 0.778. The van der Waals surface area contributed by atoms with Gasteiger partial charge in [-0.05, 0) is 6.07 Å². The van der Waals surface area contributed by atoms with Crippen LogP contribution in [0.1, 0.15) is 0 Å². The lowest BCUT2D eigenvalue weighted by Gasteiger charge is -2.09. The van der Waals surface area contributed by atoms with E-state index in [-0.39, 0.29) is 10.6 Å². The third kappa shape index (κ3) is 1.92. The van der Waals surface area contributed by atoms with Gasteiger partial charge in [-0.1, -0.05) is 12.1 Å². The third-order valence-electron chi connectivity index (χ3n) is 2.64. The number of aromatic nitrogens is 2. The van der Waals surface area contributed by atoms with Gasteiger partial charge in [-0.15, -0.1) is 0 Å². The molecule has 0 aliphatic carbocycles. The van der Waals surface area contributed by atoms with Gasteiger partial charge in [-0.25, -0.2) is 8.42 Å². The molecular formula is C11H13N3O3S. The molecule has 2 aromatic rings. The molecule has 96 valence electrons. The highest BCUT2D eigenvalue weighted by Crippen LogP contribution is 2.36. The van der Waals surface area contributed by atoms with Gasteiger partial charge in [0.15, 0.2) is 9.84 Å². The van der Waals surface area contributed by atoms with Crippen LogP contribution in [-0.2, 0) is 16.9 Å². The van der Waals surface area contributed by atoms with Gasteiger partial charge < -0.3 is 10.8 Å². The quantitative estimate of drug-likeness (QED) is 0.837. The zero-order chi connectivity index (χ0) is 13.5. The van der Waals surface area contributed by atoms with E-state index < -0.39 is 9.84 Å². The molecule has 0 saturated heterocycles. The van der Waals surface area contributed by atoms with E-state index >= 15 is 0 Å². The Morgan fingerprint density at radius 1 is 1.33 bits per heavy atom. The SMILES string of the molecule is Cn1ncc(-c2cccc(O)c2S(C)(=O)=O)c1N. The van der Waals surface area contributed by atoms with Crippen LogP contribution in [0.4, 0.5) is 5.82 Å². The van der Waals surface area contributed by atoms with Crippen molar-refractivity contribution in [2.24, 2.45) is 7.05 Å². The Balaban J connectivity index is 2.81. The van der Waals surface area contributed by atoms with E-state index in [9.17, 15) is 13.5 Å². The van der Waals surface area contributed by atoms with Crippen LogP contribution in [0.15, 0.2) is 29.3 Å². The maximum atomic E-state index is 11.7. The fraction of sp³-hybridized carbons (Fsp3) is 0.182. The van der Waals surface area contributed by atoms with Crippen LogP contribution < -0.4 is 5.73 Å². The van der Waals surface area contributed by atoms with Gasteiger partial charge in [0.25, 0.3) is 0 Å². The number of sulfone groups is 1. The molecule has 0 aliphatic rings. The number of hydrogen-bond donors (Lipinski definition) is 2. The van der Waals surface area contributed by atoms with Crippen molar-refractivity contribution in [1.29, 1.82) is 0 Å². The first kappa shape index (κ1) is 12.4. The minimum Gasteiger partial charge on any atom is -0.507 e. The molecule has 3 N–H and O–H groups in total. The first-order valence-electron chi connectivity index (χ1n) is 5.12. The van der Waals surface area contributed by atoms with E-state index in [1.807, 2.05) is 0 Å². The fourth-order valence-corrected chi connectivity index (χ4v) is 2.81. The molecule has 6 nitrogen and oxygen atoms in total. The first-order chi connectivity index (χ1) is 8.32. The summed E-state index contributed by atoms with van der Waals surface area (Å²) in [5, 5.41) is 13.7. The summed E-state index contributed by atoms with van der Waals surface area (Å²) in [6.45, 7) is 0. The molecule has 0 bridgehead atoms. The minimum absolute atomic E-state index is 0.135. The highest BCUT2D eigenvalue weighted by atomic mass is 32.2. The Kier molecular flexibility index (Phi) is 2.78. The van der Waals surface area contributed by atoms with E-state index in [4.69, 9.17) is 5.73 Å². The summed E-state index contributed by atoms with van der Waals surface area (Å²) in [6, 6.07) is 4.47. The highest BCUT2D eigenvalue weighted by Gasteiger charge is 2.21. The molecule has 18 heavy (non-hydrogen) atoms. The number of phenolic OH excluding ortho intramolecular Hbond substituents is 1. The number of anilines is 1. The lowest BCUT2D eigenvalue weighted by atomic mass is 10.1. The second-order valence-corrected chi connectivity index (χ2v) is 5.95. The Bertz CT molecular complexity index is 704. The average molecular weight is 267 g/mol. The number of nitrogen functional groups attached to an aromatic ring is 1. The molecule has 7 heteroatoms. The first-order valence-corrected chi connectivity index (χ1v) is 7.01. The van der Waals surface area contributed by atoms with Crippen LogP contribution in [0.3, 0.4) is 0 Å². The number of benzene rings is 1. The molecule has 0 unspecified atom stereocenters. The summed E-state index contributed by atoms with van der Waals surface area (Å²) in [7, 11) is -1.91. The zero-order valence-electron chi connectivity index (χ0n) is 9.95. The number of aryl methyl sites for hydroxylation is 1. The molecule has 0 saturated carbocycles. The van der Waals surface area contributed by atoms with E-state index in [1.54, 1.807) is 19.2 Å². The van der Waals surface area contributed by atoms with Gasteiger partial charge in [0.05, 0.1) is 6.20 Å². The van der Waals surface area contributed by atoms with Crippen molar-refractivity contribution >= 4 is 15.7 Å². The van der Waals surface area contributed by atoms with Gasteiger partial charge in [-0.2, -0.15) is 5.10 Å². The topological polar surface area (TPSA) is 98.2 Å². The van der Waals surface area contributed by atoms with Crippen LogP contribution in [0.25, 0.3) is 11.1 Å². The zero-order valence-corrected chi connectivity index (χ0v) is 10.8. The Morgan fingerprint density at radius 3 is 2.50 bits per heavy atom. The molecular weight excluding hydrogens is 254 g/mol. The lowest BCUT2D eigenvalue weighted by molar-refractivity contribution is 0.459. The summed E-state index contributed by atoms with van der Waals surface area (Å²) in [6.07, 6.45) is 2.51. The second-order valence-electron chi connectivity index (χ2n) is 3.99. The van der Waals surface area contributed by atoms with E-state index in [2.05, 4.69) is 5.10 Å². The van der Waals surface area contributed by atoms with Crippen molar-refractivity contribution in [2.45, 2.75) is 4.90 Å². The van der Waals surface area contributed by atoms with Gasteiger partial charge in [0.1, 0.15) is 16.5 Å². The molecule has 1 heterocycles. The normalized spacial score (nSPS) is 11.7. The minimum atomic E-state index is -3.56. The van der Waals surface area contributed by atoms with Gasteiger partial charge in [0, 0.05) is 24.4 Å². The molecule has 1 aromatic heterocycles.